The third-order valence-corrected chi connectivity index (χ3v) is 4.07. The second-order valence-electron chi connectivity index (χ2n) is 6.26. The molecule has 0 fully saturated rings. The van der Waals surface area contributed by atoms with E-state index in [1.54, 1.807) is 24.3 Å². The Bertz CT molecular complexity index is 801. The maximum atomic E-state index is 12.6. The zero-order valence-corrected chi connectivity index (χ0v) is 15.7. The second-order valence-corrected chi connectivity index (χ2v) is 6.26. The van der Waals surface area contributed by atoms with Crippen LogP contribution in [0.5, 0.6) is 0 Å². The van der Waals surface area contributed by atoms with Crippen molar-refractivity contribution in [3.8, 4) is 0 Å². The highest BCUT2D eigenvalue weighted by Gasteiger charge is 2.27. The largest absolute Gasteiger partial charge is 0.465 e. The Morgan fingerprint density at radius 3 is 2.00 bits per heavy atom. The molecular weight excluding hydrogens is 376 g/mol. The summed E-state index contributed by atoms with van der Waals surface area (Å²) in [5.41, 5.74) is 3.65. The van der Waals surface area contributed by atoms with Crippen LogP contribution in [0.3, 0.4) is 0 Å². The van der Waals surface area contributed by atoms with Gasteiger partial charge in [-0.3, -0.25) is 15.0 Å². The molecule has 2 aromatic carbocycles. The standard InChI is InChI=1S/C20H24N4O5/c21-24-19(26)17(13-29-12-15-9-5-2-6-10-15)22-18(25)16(23-20(27)28)11-14-7-3-1-4-8-14/h1-10,16-17,23H,11-13,21H2,(H,22,25)(H,24,26)(H,27,28). The van der Waals surface area contributed by atoms with Gasteiger partial charge in [0, 0.05) is 6.42 Å². The minimum Gasteiger partial charge on any atom is -0.465 e. The SMILES string of the molecule is NNC(=O)C(COCc1ccccc1)NC(=O)C(Cc1ccccc1)NC(=O)O. The molecule has 0 aliphatic rings. The Labute approximate surface area is 168 Å². The molecule has 0 radical (unpaired) electrons. The summed E-state index contributed by atoms with van der Waals surface area (Å²) in [5.74, 6) is 3.88. The fourth-order valence-electron chi connectivity index (χ4n) is 2.63. The van der Waals surface area contributed by atoms with Gasteiger partial charge in [-0.05, 0) is 11.1 Å². The van der Waals surface area contributed by atoms with Crippen molar-refractivity contribution in [1.29, 1.82) is 0 Å². The third kappa shape index (κ3) is 7.60. The van der Waals surface area contributed by atoms with Gasteiger partial charge in [-0.15, -0.1) is 0 Å². The maximum Gasteiger partial charge on any atom is 0.405 e. The molecule has 0 aliphatic carbocycles. The van der Waals surface area contributed by atoms with Crippen LogP contribution in [-0.2, 0) is 27.4 Å². The van der Waals surface area contributed by atoms with Crippen molar-refractivity contribution >= 4 is 17.9 Å². The minimum atomic E-state index is -1.35. The van der Waals surface area contributed by atoms with E-state index in [1.165, 1.54) is 0 Å². The van der Waals surface area contributed by atoms with Crippen molar-refractivity contribution in [1.82, 2.24) is 16.1 Å². The lowest BCUT2D eigenvalue weighted by Crippen LogP contribution is -2.56. The molecule has 6 N–H and O–H groups in total. The fraction of sp³-hybridized carbons (Fsp3) is 0.250. The van der Waals surface area contributed by atoms with Gasteiger partial charge in [0.15, 0.2) is 0 Å². The van der Waals surface area contributed by atoms with E-state index in [4.69, 9.17) is 15.7 Å². The third-order valence-electron chi connectivity index (χ3n) is 4.07. The van der Waals surface area contributed by atoms with Gasteiger partial charge in [-0.2, -0.15) is 0 Å². The summed E-state index contributed by atoms with van der Waals surface area (Å²) in [6, 6.07) is 16.1. The summed E-state index contributed by atoms with van der Waals surface area (Å²) in [5, 5.41) is 13.7. The zero-order chi connectivity index (χ0) is 21.1. The molecule has 2 rings (SSSR count). The summed E-state index contributed by atoms with van der Waals surface area (Å²) >= 11 is 0. The molecule has 0 heterocycles. The first-order valence-corrected chi connectivity index (χ1v) is 8.95. The average molecular weight is 400 g/mol. The molecule has 0 spiro atoms. The van der Waals surface area contributed by atoms with Crippen molar-refractivity contribution in [3.63, 3.8) is 0 Å². The number of hydrogen-bond donors (Lipinski definition) is 5. The Kier molecular flexibility index (Phi) is 8.61. The van der Waals surface area contributed by atoms with Crippen molar-refractivity contribution in [2.75, 3.05) is 6.61 Å². The van der Waals surface area contributed by atoms with Crippen LogP contribution in [0.4, 0.5) is 4.79 Å². The maximum absolute atomic E-state index is 12.6. The summed E-state index contributed by atoms with van der Waals surface area (Å²) < 4.78 is 5.52. The first-order valence-electron chi connectivity index (χ1n) is 8.95. The second kappa shape index (κ2) is 11.4. The molecule has 3 amide bonds. The van der Waals surface area contributed by atoms with E-state index >= 15 is 0 Å². The Morgan fingerprint density at radius 1 is 0.862 bits per heavy atom. The van der Waals surface area contributed by atoms with Gasteiger partial charge in [0.2, 0.25) is 5.91 Å². The van der Waals surface area contributed by atoms with Crippen LogP contribution in [0, 0.1) is 0 Å². The number of hydrazine groups is 1. The molecule has 154 valence electrons. The molecular formula is C20H24N4O5. The monoisotopic (exact) mass is 400 g/mol. The van der Waals surface area contributed by atoms with Gasteiger partial charge >= 0.3 is 6.09 Å². The normalized spacial score (nSPS) is 12.4. The van der Waals surface area contributed by atoms with Crippen LogP contribution < -0.4 is 21.9 Å². The van der Waals surface area contributed by atoms with E-state index in [0.717, 1.165) is 11.1 Å². The highest BCUT2D eigenvalue weighted by Crippen LogP contribution is 2.05. The number of nitrogens with two attached hydrogens (primary N) is 1. The van der Waals surface area contributed by atoms with E-state index in [2.05, 4.69) is 10.6 Å². The molecule has 0 aromatic heterocycles. The lowest BCUT2D eigenvalue weighted by atomic mass is 10.0. The Balaban J connectivity index is 2.00. The van der Waals surface area contributed by atoms with Crippen molar-refractivity contribution in [3.05, 3.63) is 71.8 Å². The highest BCUT2D eigenvalue weighted by molar-refractivity contribution is 5.91. The van der Waals surface area contributed by atoms with Gasteiger partial charge < -0.3 is 20.5 Å². The number of ether oxygens (including phenoxy) is 1. The predicted octanol–water partition coefficient (Wildman–Crippen LogP) is 0.557. The van der Waals surface area contributed by atoms with Crippen LogP contribution in [0.1, 0.15) is 11.1 Å². The Hall–Kier alpha value is -3.43. The van der Waals surface area contributed by atoms with Crippen LogP contribution in [0.15, 0.2) is 60.7 Å². The van der Waals surface area contributed by atoms with Crippen LogP contribution in [0.25, 0.3) is 0 Å². The number of rotatable bonds is 10. The molecule has 0 bridgehead atoms. The summed E-state index contributed by atoms with van der Waals surface area (Å²) in [6.45, 7) is 0.112. The molecule has 0 saturated carbocycles. The number of amides is 3. The van der Waals surface area contributed by atoms with Crippen LogP contribution in [0.2, 0.25) is 0 Å². The van der Waals surface area contributed by atoms with Crippen LogP contribution >= 0.6 is 0 Å². The lowest BCUT2D eigenvalue weighted by Gasteiger charge is -2.22. The molecule has 2 aromatic rings. The number of nitrogens with one attached hydrogen (secondary N) is 3. The quantitative estimate of drug-likeness (QED) is 0.224. The molecule has 0 aliphatic heterocycles. The van der Waals surface area contributed by atoms with E-state index in [-0.39, 0.29) is 19.6 Å². The lowest BCUT2D eigenvalue weighted by molar-refractivity contribution is -0.131. The molecule has 29 heavy (non-hydrogen) atoms. The van der Waals surface area contributed by atoms with E-state index in [0.29, 0.717) is 0 Å². The number of carbonyl (C=O) groups excluding carboxylic acids is 2. The summed E-state index contributed by atoms with van der Waals surface area (Å²) in [7, 11) is 0. The highest BCUT2D eigenvalue weighted by atomic mass is 16.5. The van der Waals surface area contributed by atoms with Gasteiger partial charge in [0.25, 0.3) is 5.91 Å². The van der Waals surface area contributed by atoms with Crippen molar-refractivity contribution in [2.45, 2.75) is 25.1 Å². The van der Waals surface area contributed by atoms with Crippen molar-refractivity contribution < 1.29 is 24.2 Å². The Morgan fingerprint density at radius 2 is 1.45 bits per heavy atom. The first-order chi connectivity index (χ1) is 14.0. The van der Waals surface area contributed by atoms with E-state index < -0.39 is 30.0 Å². The molecule has 9 nitrogen and oxygen atoms in total. The molecule has 9 heteroatoms. The predicted molar refractivity (Wildman–Crippen MR) is 105 cm³/mol. The van der Waals surface area contributed by atoms with Gasteiger partial charge in [-0.25, -0.2) is 10.6 Å². The number of benzene rings is 2. The topological polar surface area (TPSA) is 143 Å². The minimum absolute atomic E-state index is 0.126. The number of carboxylic acid groups (broad SMARTS) is 1. The summed E-state index contributed by atoms with van der Waals surface area (Å²) in [6.07, 6.45) is -1.22. The van der Waals surface area contributed by atoms with Gasteiger partial charge in [0.05, 0.1) is 13.2 Å². The number of hydrogen-bond acceptors (Lipinski definition) is 5. The zero-order valence-electron chi connectivity index (χ0n) is 15.7. The molecule has 2 unspecified atom stereocenters. The molecule has 2 atom stereocenters. The average Bonchev–Trinajstić information content (AvgIpc) is 2.73. The molecule has 0 saturated heterocycles. The first kappa shape index (κ1) is 21.9. The van der Waals surface area contributed by atoms with Crippen LogP contribution in [-0.4, -0.2) is 41.7 Å². The number of carbonyl (C=O) groups is 3. The summed E-state index contributed by atoms with van der Waals surface area (Å²) in [4.78, 5) is 35.8. The van der Waals surface area contributed by atoms with Crippen molar-refractivity contribution in [2.24, 2.45) is 5.84 Å². The smallest absolute Gasteiger partial charge is 0.405 e. The van der Waals surface area contributed by atoms with Gasteiger partial charge in [-0.1, -0.05) is 60.7 Å². The van der Waals surface area contributed by atoms with E-state index in [1.807, 2.05) is 41.8 Å². The van der Waals surface area contributed by atoms with E-state index in [9.17, 15) is 14.4 Å². The fourth-order valence-corrected chi connectivity index (χ4v) is 2.63. The van der Waals surface area contributed by atoms with Gasteiger partial charge in [0.1, 0.15) is 12.1 Å².